The van der Waals surface area contributed by atoms with Gasteiger partial charge in [0.2, 0.25) is 5.91 Å². The lowest BCUT2D eigenvalue weighted by atomic mass is 10.2. The van der Waals surface area contributed by atoms with E-state index in [9.17, 15) is 9.18 Å². The Morgan fingerprint density at radius 2 is 2.20 bits per heavy atom. The van der Waals surface area contributed by atoms with Crippen molar-refractivity contribution in [3.05, 3.63) is 24.3 Å². The molecule has 2 N–H and O–H groups in total. The van der Waals surface area contributed by atoms with Crippen LogP contribution in [0.2, 0.25) is 0 Å². The van der Waals surface area contributed by atoms with Crippen molar-refractivity contribution < 1.29 is 13.9 Å². The van der Waals surface area contributed by atoms with Crippen LogP contribution in [0.3, 0.4) is 0 Å². The van der Waals surface area contributed by atoms with E-state index in [2.05, 4.69) is 9.97 Å². The normalized spacial score (nSPS) is 10.6. The van der Waals surface area contributed by atoms with Gasteiger partial charge in [-0.15, -0.1) is 0 Å². The summed E-state index contributed by atoms with van der Waals surface area (Å²) < 4.78 is 18.6. The number of halogens is 1. The number of primary amides is 1. The minimum atomic E-state index is -0.498. The molecule has 2 rings (SSSR count). The summed E-state index contributed by atoms with van der Waals surface area (Å²) in [4.78, 5) is 21.0. The lowest BCUT2D eigenvalue weighted by Crippen LogP contribution is -2.34. The summed E-state index contributed by atoms with van der Waals surface area (Å²) in [5.74, 6) is -0.339. The van der Waals surface area contributed by atoms with Gasteiger partial charge in [-0.05, 0) is 13.0 Å². The van der Waals surface area contributed by atoms with E-state index in [1.165, 1.54) is 25.6 Å². The number of nitrogens with two attached hydrogens (primary N) is 1. The third-order valence-corrected chi connectivity index (χ3v) is 2.92. The van der Waals surface area contributed by atoms with Crippen molar-refractivity contribution in [2.24, 2.45) is 5.73 Å². The third kappa shape index (κ3) is 2.61. The summed E-state index contributed by atoms with van der Waals surface area (Å²) in [5.41, 5.74) is 5.66. The van der Waals surface area contributed by atoms with Crippen LogP contribution in [0.15, 0.2) is 18.5 Å². The quantitative estimate of drug-likeness (QED) is 0.885. The van der Waals surface area contributed by atoms with E-state index < -0.39 is 11.7 Å². The summed E-state index contributed by atoms with van der Waals surface area (Å²) in [6, 6.07) is 2.79. The van der Waals surface area contributed by atoms with E-state index in [4.69, 9.17) is 10.5 Å². The van der Waals surface area contributed by atoms with Crippen LogP contribution in [0, 0.1) is 5.82 Å². The molecule has 0 unspecified atom stereocenters. The molecule has 106 valence electrons. The van der Waals surface area contributed by atoms with Gasteiger partial charge in [-0.2, -0.15) is 0 Å². The molecule has 6 nitrogen and oxygen atoms in total. The number of likely N-dealkylation sites (N-methyl/N-ethyl adjacent to an activating group) is 1. The summed E-state index contributed by atoms with van der Waals surface area (Å²) in [6.45, 7) is 2.44. The Bertz CT molecular complexity index is 648. The Balaban J connectivity index is 2.60. The van der Waals surface area contributed by atoms with E-state index in [1.54, 1.807) is 4.90 Å². The zero-order valence-electron chi connectivity index (χ0n) is 11.3. The zero-order valence-corrected chi connectivity index (χ0v) is 11.3. The van der Waals surface area contributed by atoms with Crippen molar-refractivity contribution in [1.82, 2.24) is 9.97 Å². The highest BCUT2D eigenvalue weighted by molar-refractivity contribution is 5.92. The minimum Gasteiger partial charge on any atom is -0.494 e. The molecule has 7 heteroatoms. The molecule has 2 aromatic rings. The number of hydrogen-bond donors (Lipinski definition) is 1. The van der Waals surface area contributed by atoms with E-state index in [1.807, 2.05) is 6.92 Å². The van der Waals surface area contributed by atoms with Crippen LogP contribution in [0.4, 0.5) is 10.2 Å². The predicted molar refractivity (Wildman–Crippen MR) is 73.1 cm³/mol. The number of amides is 1. The van der Waals surface area contributed by atoms with Crippen molar-refractivity contribution in [3.63, 3.8) is 0 Å². The summed E-state index contributed by atoms with van der Waals surface area (Å²) >= 11 is 0. The highest BCUT2D eigenvalue weighted by atomic mass is 19.1. The van der Waals surface area contributed by atoms with Gasteiger partial charge in [0, 0.05) is 18.0 Å². The maximum Gasteiger partial charge on any atom is 0.236 e. The Labute approximate surface area is 115 Å². The van der Waals surface area contributed by atoms with Crippen LogP contribution in [0.25, 0.3) is 10.9 Å². The van der Waals surface area contributed by atoms with Gasteiger partial charge in [-0.3, -0.25) is 4.79 Å². The standard InChI is InChI=1S/C13H15FN4O2/c1-3-18(6-12(15)19)13-8-4-11(20-2)9(14)5-10(8)16-7-17-13/h4-5,7H,3,6H2,1-2H3,(H2,15,19). The SMILES string of the molecule is CCN(CC(N)=O)c1ncnc2cc(F)c(OC)cc12. The molecule has 0 atom stereocenters. The molecule has 1 amide bonds. The van der Waals surface area contributed by atoms with Crippen LogP contribution in [0.5, 0.6) is 5.75 Å². The van der Waals surface area contributed by atoms with Gasteiger partial charge in [-0.25, -0.2) is 14.4 Å². The maximum absolute atomic E-state index is 13.7. The number of aromatic nitrogens is 2. The molecule has 0 aliphatic heterocycles. The fourth-order valence-electron chi connectivity index (χ4n) is 1.98. The first-order chi connectivity index (χ1) is 9.56. The van der Waals surface area contributed by atoms with E-state index >= 15 is 0 Å². The second-order valence-corrected chi connectivity index (χ2v) is 4.18. The van der Waals surface area contributed by atoms with Crippen molar-refractivity contribution in [3.8, 4) is 5.75 Å². The number of methoxy groups -OCH3 is 1. The number of fused-ring (bicyclic) bond motifs is 1. The highest BCUT2D eigenvalue weighted by Gasteiger charge is 2.15. The Morgan fingerprint density at radius 3 is 2.80 bits per heavy atom. The molecule has 20 heavy (non-hydrogen) atoms. The fourth-order valence-corrected chi connectivity index (χ4v) is 1.98. The maximum atomic E-state index is 13.7. The van der Waals surface area contributed by atoms with Crippen LogP contribution >= 0.6 is 0 Å². The Hall–Kier alpha value is -2.44. The number of hydrogen-bond acceptors (Lipinski definition) is 5. The summed E-state index contributed by atoms with van der Waals surface area (Å²) in [5, 5.41) is 0.605. The van der Waals surface area contributed by atoms with Gasteiger partial charge in [-0.1, -0.05) is 0 Å². The van der Waals surface area contributed by atoms with E-state index in [-0.39, 0.29) is 12.3 Å². The molecule has 0 saturated carbocycles. The first kappa shape index (κ1) is 14.0. The topological polar surface area (TPSA) is 81.3 Å². The fraction of sp³-hybridized carbons (Fsp3) is 0.308. The van der Waals surface area contributed by atoms with Crippen molar-refractivity contribution >= 4 is 22.6 Å². The molecule has 1 heterocycles. The number of anilines is 1. The van der Waals surface area contributed by atoms with Gasteiger partial charge in [0.05, 0.1) is 19.2 Å². The Kier molecular flexibility index (Phi) is 3.97. The average molecular weight is 278 g/mol. The molecular formula is C13H15FN4O2. The van der Waals surface area contributed by atoms with Gasteiger partial charge >= 0.3 is 0 Å². The average Bonchev–Trinajstić information content (AvgIpc) is 2.43. The molecule has 0 aliphatic rings. The summed E-state index contributed by atoms with van der Waals surface area (Å²) in [6.07, 6.45) is 1.33. The third-order valence-electron chi connectivity index (χ3n) is 2.92. The Morgan fingerprint density at radius 1 is 1.45 bits per heavy atom. The smallest absolute Gasteiger partial charge is 0.236 e. The van der Waals surface area contributed by atoms with Gasteiger partial charge in [0.25, 0.3) is 0 Å². The van der Waals surface area contributed by atoms with Gasteiger partial charge in [0.15, 0.2) is 11.6 Å². The molecule has 0 radical (unpaired) electrons. The van der Waals surface area contributed by atoms with Gasteiger partial charge < -0.3 is 15.4 Å². The number of nitrogens with zero attached hydrogens (tertiary/aromatic N) is 3. The van der Waals surface area contributed by atoms with Crippen molar-refractivity contribution in [1.29, 1.82) is 0 Å². The van der Waals surface area contributed by atoms with Crippen molar-refractivity contribution in [2.45, 2.75) is 6.92 Å². The van der Waals surface area contributed by atoms with Crippen LogP contribution in [-0.4, -0.2) is 36.1 Å². The highest BCUT2D eigenvalue weighted by Crippen LogP contribution is 2.29. The first-order valence-corrected chi connectivity index (χ1v) is 6.08. The predicted octanol–water partition coefficient (Wildman–Crippen LogP) is 1.09. The van der Waals surface area contributed by atoms with Crippen LogP contribution in [0.1, 0.15) is 6.92 Å². The number of carbonyl (C=O) groups is 1. The second-order valence-electron chi connectivity index (χ2n) is 4.18. The molecule has 0 spiro atoms. The zero-order chi connectivity index (χ0) is 14.7. The molecule has 1 aromatic heterocycles. The molecular weight excluding hydrogens is 263 g/mol. The minimum absolute atomic E-state index is 0.0301. The van der Waals surface area contributed by atoms with E-state index in [0.29, 0.717) is 23.3 Å². The van der Waals surface area contributed by atoms with Crippen LogP contribution < -0.4 is 15.4 Å². The number of rotatable bonds is 5. The first-order valence-electron chi connectivity index (χ1n) is 6.08. The molecule has 0 fully saturated rings. The van der Waals surface area contributed by atoms with Gasteiger partial charge in [0.1, 0.15) is 12.1 Å². The largest absolute Gasteiger partial charge is 0.494 e. The molecule has 1 aromatic carbocycles. The van der Waals surface area contributed by atoms with Crippen LogP contribution in [-0.2, 0) is 4.79 Å². The number of benzene rings is 1. The number of carbonyl (C=O) groups excluding carboxylic acids is 1. The van der Waals surface area contributed by atoms with Crippen molar-refractivity contribution in [2.75, 3.05) is 25.1 Å². The second kappa shape index (κ2) is 5.68. The molecule has 0 aliphatic carbocycles. The lowest BCUT2D eigenvalue weighted by molar-refractivity contribution is -0.116. The monoisotopic (exact) mass is 278 g/mol. The molecule has 0 bridgehead atoms. The van der Waals surface area contributed by atoms with E-state index in [0.717, 1.165) is 0 Å². The lowest BCUT2D eigenvalue weighted by Gasteiger charge is -2.21. The number of ether oxygens (including phenoxy) is 1. The molecule has 0 saturated heterocycles. The summed E-state index contributed by atoms with van der Waals surface area (Å²) in [7, 11) is 1.38.